The summed E-state index contributed by atoms with van der Waals surface area (Å²) >= 11 is 6.90. The number of thiophene rings is 1. The molecular weight excluding hydrogens is 444 g/mol. The molecule has 0 saturated carbocycles. The van der Waals surface area contributed by atoms with Gasteiger partial charge in [-0.05, 0) is 56.8 Å². The van der Waals surface area contributed by atoms with E-state index < -0.39 is 11.9 Å². The Morgan fingerprint density at radius 1 is 0.938 bits per heavy atom. The third-order valence-electron chi connectivity index (χ3n) is 4.48. The van der Waals surface area contributed by atoms with E-state index in [4.69, 9.17) is 21.7 Å². The molecule has 8 heteroatoms. The van der Waals surface area contributed by atoms with Gasteiger partial charge in [-0.15, -0.1) is 11.3 Å². The first-order valence-corrected chi connectivity index (χ1v) is 11.4. The Hall–Kier alpha value is -3.23. The zero-order valence-electron chi connectivity index (χ0n) is 18.1. The van der Waals surface area contributed by atoms with Crippen molar-refractivity contribution >= 4 is 51.3 Å². The minimum absolute atomic E-state index is 0.269. The van der Waals surface area contributed by atoms with E-state index in [-0.39, 0.29) is 11.7 Å². The van der Waals surface area contributed by atoms with E-state index in [1.54, 1.807) is 38.1 Å². The summed E-state index contributed by atoms with van der Waals surface area (Å²) in [5, 5.41) is 7.07. The molecule has 2 N–H and O–H groups in total. The van der Waals surface area contributed by atoms with E-state index in [0.717, 1.165) is 16.0 Å². The van der Waals surface area contributed by atoms with E-state index in [1.807, 2.05) is 37.3 Å². The van der Waals surface area contributed by atoms with Crippen molar-refractivity contribution in [1.29, 1.82) is 0 Å². The molecule has 0 bridgehead atoms. The van der Waals surface area contributed by atoms with Crippen molar-refractivity contribution in [2.24, 2.45) is 0 Å². The van der Waals surface area contributed by atoms with Gasteiger partial charge in [0.05, 0.1) is 18.8 Å². The Bertz CT molecular complexity index is 1130. The van der Waals surface area contributed by atoms with Crippen LogP contribution in [0.3, 0.4) is 0 Å². The number of carbonyl (C=O) groups is 2. The Labute approximate surface area is 196 Å². The average molecular weight is 469 g/mol. The second-order valence-corrected chi connectivity index (χ2v) is 8.34. The Kier molecular flexibility index (Phi) is 7.97. The van der Waals surface area contributed by atoms with Crippen LogP contribution in [0.15, 0.2) is 54.6 Å². The fraction of sp³-hybridized carbons (Fsp3) is 0.208. The third-order valence-corrected chi connectivity index (χ3v) is 5.71. The molecule has 0 atom stereocenters. The maximum absolute atomic E-state index is 12.8. The van der Waals surface area contributed by atoms with Crippen LogP contribution in [-0.4, -0.2) is 30.3 Å². The van der Waals surface area contributed by atoms with Crippen molar-refractivity contribution in [3.63, 3.8) is 0 Å². The number of thiocarbonyl (C=S) groups is 1. The highest BCUT2D eigenvalue weighted by molar-refractivity contribution is 7.80. The van der Waals surface area contributed by atoms with Crippen LogP contribution >= 0.6 is 23.6 Å². The molecule has 6 nitrogen and oxygen atoms in total. The first-order chi connectivity index (χ1) is 15.4. The fourth-order valence-corrected chi connectivity index (χ4v) is 4.54. The molecule has 3 aromatic rings. The van der Waals surface area contributed by atoms with Crippen molar-refractivity contribution in [2.45, 2.75) is 20.8 Å². The van der Waals surface area contributed by atoms with Crippen molar-refractivity contribution in [2.75, 3.05) is 23.8 Å². The highest BCUT2D eigenvalue weighted by Crippen LogP contribution is 2.40. The number of benzene rings is 2. The van der Waals surface area contributed by atoms with Gasteiger partial charge in [-0.1, -0.05) is 36.4 Å². The number of hydrogen-bond donors (Lipinski definition) is 2. The lowest BCUT2D eigenvalue weighted by molar-refractivity contribution is 0.0518. The summed E-state index contributed by atoms with van der Waals surface area (Å²) in [7, 11) is 0. The molecule has 166 valence electrons. The zero-order valence-corrected chi connectivity index (χ0v) is 19.7. The molecule has 1 aromatic heterocycles. The minimum atomic E-state index is -0.412. The zero-order chi connectivity index (χ0) is 23.1. The number of rotatable bonds is 7. The molecule has 3 rings (SSSR count). The van der Waals surface area contributed by atoms with Crippen LogP contribution in [0.2, 0.25) is 0 Å². The van der Waals surface area contributed by atoms with Crippen LogP contribution in [0.1, 0.15) is 39.4 Å². The lowest BCUT2D eigenvalue weighted by Crippen LogP contribution is -2.20. The molecule has 0 fully saturated rings. The lowest BCUT2D eigenvalue weighted by Gasteiger charge is -2.12. The second-order valence-electron chi connectivity index (χ2n) is 6.70. The summed E-state index contributed by atoms with van der Waals surface area (Å²) in [6.45, 7) is 6.06. The van der Waals surface area contributed by atoms with Crippen LogP contribution in [0.4, 0.5) is 10.7 Å². The summed E-state index contributed by atoms with van der Waals surface area (Å²) < 4.78 is 10.4. The molecule has 0 amide bonds. The highest BCUT2D eigenvalue weighted by atomic mass is 32.1. The molecule has 2 aromatic carbocycles. The summed E-state index contributed by atoms with van der Waals surface area (Å²) in [6, 6.07) is 16.6. The predicted octanol–water partition coefficient (Wildman–Crippen LogP) is 5.89. The summed E-state index contributed by atoms with van der Waals surface area (Å²) in [6.07, 6.45) is 0. The highest BCUT2D eigenvalue weighted by Gasteiger charge is 2.25. The Balaban J connectivity index is 1.87. The molecule has 0 radical (unpaired) electrons. The van der Waals surface area contributed by atoms with Crippen molar-refractivity contribution in [3.8, 4) is 11.1 Å². The quantitative estimate of drug-likeness (QED) is 0.331. The molecule has 0 aliphatic heterocycles. The Morgan fingerprint density at radius 3 is 2.31 bits per heavy atom. The minimum Gasteiger partial charge on any atom is -0.462 e. The van der Waals surface area contributed by atoms with Gasteiger partial charge in [0.15, 0.2) is 5.11 Å². The van der Waals surface area contributed by atoms with Gasteiger partial charge in [-0.25, -0.2) is 9.59 Å². The maximum atomic E-state index is 12.8. The first kappa shape index (κ1) is 23.4. The largest absolute Gasteiger partial charge is 0.462 e. The van der Waals surface area contributed by atoms with Gasteiger partial charge >= 0.3 is 11.9 Å². The third kappa shape index (κ3) is 5.52. The molecule has 0 spiro atoms. The van der Waals surface area contributed by atoms with E-state index >= 15 is 0 Å². The number of carbonyl (C=O) groups excluding carboxylic acids is 2. The van der Waals surface area contributed by atoms with Gasteiger partial charge < -0.3 is 20.1 Å². The van der Waals surface area contributed by atoms with E-state index in [9.17, 15) is 9.59 Å². The Morgan fingerprint density at radius 2 is 1.62 bits per heavy atom. The molecule has 0 aliphatic rings. The SMILES string of the molecule is CCOC(=O)c1cccc(NC(=S)Nc2sc(C)c(-c3ccccc3)c2C(=O)OCC)c1. The number of aryl methyl sites for hydroxylation is 1. The van der Waals surface area contributed by atoms with Crippen LogP contribution in [-0.2, 0) is 9.47 Å². The van der Waals surface area contributed by atoms with E-state index in [0.29, 0.717) is 28.4 Å². The molecular formula is C24H24N2O4S2. The number of esters is 2. The second kappa shape index (κ2) is 10.9. The molecule has 0 aliphatic carbocycles. The van der Waals surface area contributed by atoms with Gasteiger partial charge in [0, 0.05) is 16.1 Å². The molecule has 32 heavy (non-hydrogen) atoms. The van der Waals surface area contributed by atoms with Gasteiger partial charge in [0.2, 0.25) is 0 Å². The normalized spacial score (nSPS) is 10.3. The van der Waals surface area contributed by atoms with E-state index in [2.05, 4.69) is 10.6 Å². The van der Waals surface area contributed by atoms with Crippen LogP contribution < -0.4 is 10.6 Å². The number of anilines is 2. The molecule has 0 unspecified atom stereocenters. The predicted molar refractivity (Wildman–Crippen MR) is 133 cm³/mol. The molecule has 0 saturated heterocycles. The van der Waals surface area contributed by atoms with Crippen molar-refractivity contribution < 1.29 is 19.1 Å². The van der Waals surface area contributed by atoms with E-state index in [1.165, 1.54) is 11.3 Å². The standard InChI is InChI=1S/C24H24N2O4S2/c1-4-29-22(27)17-12-9-13-18(14-17)25-24(31)26-21-20(23(28)30-5-2)19(15(3)32-21)16-10-7-6-8-11-16/h6-14H,4-5H2,1-3H3,(H2,25,26,31). The number of nitrogens with one attached hydrogen (secondary N) is 2. The van der Waals surface area contributed by atoms with Crippen LogP contribution in [0.25, 0.3) is 11.1 Å². The summed E-state index contributed by atoms with van der Waals surface area (Å²) in [5.41, 5.74) is 3.25. The average Bonchev–Trinajstić information content (AvgIpc) is 3.10. The number of ether oxygens (including phenoxy) is 2. The summed E-state index contributed by atoms with van der Waals surface area (Å²) in [4.78, 5) is 25.8. The van der Waals surface area contributed by atoms with Crippen LogP contribution in [0.5, 0.6) is 0 Å². The smallest absolute Gasteiger partial charge is 0.341 e. The topological polar surface area (TPSA) is 76.7 Å². The number of hydrogen-bond acceptors (Lipinski definition) is 6. The first-order valence-electron chi connectivity index (χ1n) is 10.2. The lowest BCUT2D eigenvalue weighted by atomic mass is 10.0. The van der Waals surface area contributed by atoms with Gasteiger partial charge in [-0.2, -0.15) is 0 Å². The maximum Gasteiger partial charge on any atom is 0.341 e. The fourth-order valence-electron chi connectivity index (χ4n) is 3.19. The van der Waals surface area contributed by atoms with Gasteiger partial charge in [0.1, 0.15) is 10.6 Å². The van der Waals surface area contributed by atoms with Crippen LogP contribution in [0, 0.1) is 6.92 Å². The van der Waals surface area contributed by atoms with Gasteiger partial charge in [0.25, 0.3) is 0 Å². The van der Waals surface area contributed by atoms with Crippen molar-refractivity contribution in [3.05, 3.63) is 70.6 Å². The monoisotopic (exact) mass is 468 g/mol. The molecule has 1 heterocycles. The van der Waals surface area contributed by atoms with Crippen molar-refractivity contribution in [1.82, 2.24) is 0 Å². The summed E-state index contributed by atoms with van der Waals surface area (Å²) in [5.74, 6) is -0.814. The van der Waals surface area contributed by atoms with Gasteiger partial charge in [-0.3, -0.25) is 0 Å².